The molecular weight excluding hydrogens is 236 g/mol. The van der Waals surface area contributed by atoms with Crippen molar-refractivity contribution in [3.63, 3.8) is 0 Å². The number of benzene rings is 1. The van der Waals surface area contributed by atoms with Crippen LogP contribution < -0.4 is 10.1 Å². The van der Waals surface area contributed by atoms with Crippen molar-refractivity contribution >= 4 is 0 Å². The van der Waals surface area contributed by atoms with Crippen LogP contribution in [0.5, 0.6) is 5.75 Å². The molecule has 3 nitrogen and oxygen atoms in total. The summed E-state index contributed by atoms with van der Waals surface area (Å²) >= 11 is 0. The molecule has 1 saturated heterocycles. The van der Waals surface area contributed by atoms with E-state index in [0.717, 1.165) is 18.8 Å². The van der Waals surface area contributed by atoms with Crippen molar-refractivity contribution in [1.82, 2.24) is 10.2 Å². The number of hydrogen-bond donors (Lipinski definition) is 1. The quantitative estimate of drug-likeness (QED) is 0.853. The molecule has 0 radical (unpaired) electrons. The first-order valence-electron chi connectivity index (χ1n) is 7.28. The van der Waals surface area contributed by atoms with Crippen LogP contribution in [0.1, 0.15) is 30.9 Å². The first kappa shape index (κ1) is 14.4. The molecule has 19 heavy (non-hydrogen) atoms. The largest absolute Gasteiger partial charge is 0.496 e. The van der Waals surface area contributed by atoms with Crippen molar-refractivity contribution < 1.29 is 4.74 Å². The highest BCUT2D eigenvalue weighted by Gasteiger charge is 2.14. The van der Waals surface area contributed by atoms with Crippen LogP contribution in [-0.4, -0.2) is 37.7 Å². The van der Waals surface area contributed by atoms with Gasteiger partial charge in [0, 0.05) is 19.1 Å². The predicted octanol–water partition coefficient (Wildman–Crippen LogP) is 2.58. The van der Waals surface area contributed by atoms with Crippen LogP contribution in [0.4, 0.5) is 0 Å². The van der Waals surface area contributed by atoms with Gasteiger partial charge in [0.2, 0.25) is 0 Å². The molecule has 1 N–H and O–H groups in total. The van der Waals surface area contributed by atoms with Gasteiger partial charge in [-0.3, -0.25) is 0 Å². The lowest BCUT2D eigenvalue weighted by atomic mass is 10.1. The molecule has 1 aromatic carbocycles. The van der Waals surface area contributed by atoms with E-state index in [1.54, 1.807) is 7.11 Å². The molecular formula is C16H26N2O. The Bertz CT molecular complexity index is 400. The number of methoxy groups -OCH3 is 1. The van der Waals surface area contributed by atoms with E-state index in [1.807, 2.05) is 0 Å². The summed E-state index contributed by atoms with van der Waals surface area (Å²) in [6, 6.07) is 6.96. The zero-order chi connectivity index (χ0) is 13.7. The molecule has 1 aromatic rings. The maximum absolute atomic E-state index is 5.36. The monoisotopic (exact) mass is 262 g/mol. The summed E-state index contributed by atoms with van der Waals surface area (Å²) in [5.74, 6) is 0.978. The van der Waals surface area contributed by atoms with Crippen LogP contribution in [0.25, 0.3) is 0 Å². The molecule has 1 aliphatic rings. The van der Waals surface area contributed by atoms with Gasteiger partial charge in [-0.2, -0.15) is 0 Å². The van der Waals surface area contributed by atoms with E-state index < -0.39 is 0 Å². The summed E-state index contributed by atoms with van der Waals surface area (Å²) < 4.78 is 5.36. The predicted molar refractivity (Wildman–Crippen MR) is 79.7 cm³/mol. The number of aryl methyl sites for hydroxylation is 1. The van der Waals surface area contributed by atoms with Gasteiger partial charge in [-0.05, 0) is 57.0 Å². The van der Waals surface area contributed by atoms with E-state index in [0.29, 0.717) is 6.04 Å². The summed E-state index contributed by atoms with van der Waals surface area (Å²) in [5.41, 5.74) is 2.48. The van der Waals surface area contributed by atoms with Crippen molar-refractivity contribution in [3.05, 3.63) is 29.3 Å². The molecule has 0 aliphatic carbocycles. The minimum atomic E-state index is 0.533. The lowest BCUT2D eigenvalue weighted by Crippen LogP contribution is -2.37. The second-order valence-electron chi connectivity index (χ2n) is 5.59. The third kappa shape index (κ3) is 4.22. The smallest absolute Gasteiger partial charge is 0.122 e. The van der Waals surface area contributed by atoms with Gasteiger partial charge >= 0.3 is 0 Å². The first-order valence-corrected chi connectivity index (χ1v) is 7.28. The molecule has 0 aromatic heterocycles. The zero-order valence-electron chi connectivity index (χ0n) is 12.4. The van der Waals surface area contributed by atoms with E-state index in [-0.39, 0.29) is 0 Å². The average molecular weight is 262 g/mol. The highest BCUT2D eigenvalue weighted by atomic mass is 16.5. The number of nitrogens with zero attached hydrogens (tertiary/aromatic N) is 1. The van der Waals surface area contributed by atoms with Gasteiger partial charge in [-0.1, -0.05) is 12.1 Å². The Morgan fingerprint density at radius 1 is 1.32 bits per heavy atom. The number of hydrogen-bond acceptors (Lipinski definition) is 3. The average Bonchev–Trinajstić information content (AvgIpc) is 2.90. The summed E-state index contributed by atoms with van der Waals surface area (Å²) in [5, 5.41) is 3.60. The first-order chi connectivity index (χ1) is 9.19. The summed E-state index contributed by atoms with van der Waals surface area (Å²) in [4.78, 5) is 2.55. The Morgan fingerprint density at radius 2 is 2.05 bits per heavy atom. The molecule has 0 bridgehead atoms. The maximum Gasteiger partial charge on any atom is 0.122 e. The van der Waals surface area contributed by atoms with Crippen LogP contribution in [-0.2, 0) is 6.54 Å². The molecule has 1 unspecified atom stereocenters. The number of rotatable bonds is 6. The third-order valence-corrected chi connectivity index (χ3v) is 3.86. The minimum absolute atomic E-state index is 0.533. The fraction of sp³-hybridized carbons (Fsp3) is 0.625. The van der Waals surface area contributed by atoms with Gasteiger partial charge in [0.25, 0.3) is 0 Å². The van der Waals surface area contributed by atoms with Gasteiger partial charge in [-0.15, -0.1) is 0 Å². The molecule has 2 rings (SSSR count). The Balaban J connectivity index is 1.80. The summed E-state index contributed by atoms with van der Waals surface area (Å²) in [7, 11) is 1.73. The molecule has 0 spiro atoms. The maximum atomic E-state index is 5.36. The zero-order valence-corrected chi connectivity index (χ0v) is 12.4. The standard InChI is InChI=1S/C16H26N2O/c1-13-6-7-15(10-16(13)19-3)11-17-14(2)12-18-8-4-5-9-18/h6-7,10,14,17H,4-5,8-9,11-12H2,1-3H3. The molecule has 0 saturated carbocycles. The summed E-state index contributed by atoms with van der Waals surface area (Å²) in [6.07, 6.45) is 2.73. The van der Waals surface area contributed by atoms with Crippen molar-refractivity contribution in [2.45, 2.75) is 39.3 Å². The van der Waals surface area contributed by atoms with E-state index in [4.69, 9.17) is 4.74 Å². The van der Waals surface area contributed by atoms with Crippen LogP contribution in [0.15, 0.2) is 18.2 Å². The van der Waals surface area contributed by atoms with Crippen LogP contribution in [0.2, 0.25) is 0 Å². The molecule has 1 heterocycles. The molecule has 1 atom stereocenters. The van der Waals surface area contributed by atoms with Crippen LogP contribution >= 0.6 is 0 Å². The fourth-order valence-corrected chi connectivity index (χ4v) is 2.68. The number of nitrogens with one attached hydrogen (secondary N) is 1. The van der Waals surface area contributed by atoms with E-state index in [2.05, 4.69) is 42.3 Å². The van der Waals surface area contributed by atoms with E-state index >= 15 is 0 Å². The second kappa shape index (κ2) is 6.92. The summed E-state index contributed by atoms with van der Waals surface area (Å²) in [6.45, 7) is 8.94. The van der Waals surface area contributed by atoms with Crippen molar-refractivity contribution in [2.75, 3.05) is 26.7 Å². The highest BCUT2D eigenvalue weighted by Crippen LogP contribution is 2.18. The van der Waals surface area contributed by atoms with Crippen molar-refractivity contribution in [2.24, 2.45) is 0 Å². The van der Waals surface area contributed by atoms with Gasteiger partial charge in [0.15, 0.2) is 0 Å². The topological polar surface area (TPSA) is 24.5 Å². The highest BCUT2D eigenvalue weighted by molar-refractivity contribution is 5.36. The molecule has 106 valence electrons. The lowest BCUT2D eigenvalue weighted by molar-refractivity contribution is 0.298. The van der Waals surface area contributed by atoms with Gasteiger partial charge in [-0.25, -0.2) is 0 Å². The minimum Gasteiger partial charge on any atom is -0.496 e. The normalized spacial score (nSPS) is 17.6. The van der Waals surface area contributed by atoms with Crippen LogP contribution in [0.3, 0.4) is 0 Å². The van der Waals surface area contributed by atoms with E-state index in [9.17, 15) is 0 Å². The Hall–Kier alpha value is -1.06. The van der Waals surface area contributed by atoms with Gasteiger partial charge in [0.05, 0.1) is 7.11 Å². The molecule has 0 amide bonds. The van der Waals surface area contributed by atoms with Gasteiger partial charge < -0.3 is 15.0 Å². The van der Waals surface area contributed by atoms with E-state index in [1.165, 1.54) is 37.1 Å². The van der Waals surface area contributed by atoms with Crippen LogP contribution in [0, 0.1) is 6.92 Å². The second-order valence-corrected chi connectivity index (χ2v) is 5.59. The molecule has 3 heteroatoms. The van der Waals surface area contributed by atoms with Crippen molar-refractivity contribution in [3.8, 4) is 5.75 Å². The Labute approximate surface area is 116 Å². The number of ether oxygens (including phenoxy) is 1. The fourth-order valence-electron chi connectivity index (χ4n) is 2.68. The number of likely N-dealkylation sites (tertiary alicyclic amines) is 1. The van der Waals surface area contributed by atoms with Crippen molar-refractivity contribution in [1.29, 1.82) is 0 Å². The van der Waals surface area contributed by atoms with Gasteiger partial charge in [0.1, 0.15) is 5.75 Å². The SMILES string of the molecule is COc1cc(CNC(C)CN2CCCC2)ccc1C. The molecule has 1 aliphatic heterocycles. The molecule has 1 fully saturated rings. The third-order valence-electron chi connectivity index (χ3n) is 3.86. The Morgan fingerprint density at radius 3 is 2.74 bits per heavy atom. The Kier molecular flexibility index (Phi) is 5.23. The lowest BCUT2D eigenvalue weighted by Gasteiger charge is -2.21.